The lowest BCUT2D eigenvalue weighted by atomic mass is 9.83. The zero-order valence-electron chi connectivity index (χ0n) is 16.5. The van der Waals surface area contributed by atoms with E-state index in [2.05, 4.69) is 15.6 Å². The first-order valence-corrected chi connectivity index (χ1v) is 11.1. The van der Waals surface area contributed by atoms with Crippen molar-refractivity contribution in [3.63, 3.8) is 0 Å². The number of guanidine groups is 1. The van der Waals surface area contributed by atoms with E-state index in [1.165, 1.54) is 12.8 Å². The van der Waals surface area contributed by atoms with Gasteiger partial charge in [0.05, 0.1) is 0 Å². The number of nitrogens with one attached hydrogen (secondary N) is 2. The van der Waals surface area contributed by atoms with Crippen molar-refractivity contribution in [3.05, 3.63) is 0 Å². The van der Waals surface area contributed by atoms with E-state index in [9.17, 15) is 21.6 Å². The molecule has 1 saturated carbocycles. The molecule has 2 fully saturated rings. The highest BCUT2D eigenvalue weighted by Gasteiger charge is 2.50. The van der Waals surface area contributed by atoms with Gasteiger partial charge in [0.1, 0.15) is 0 Å². The van der Waals surface area contributed by atoms with Gasteiger partial charge in [0.2, 0.25) is 0 Å². The zero-order chi connectivity index (χ0) is 20.8. The van der Waals surface area contributed by atoms with Crippen LogP contribution < -0.4 is 10.6 Å². The van der Waals surface area contributed by atoms with Gasteiger partial charge >= 0.3 is 15.5 Å². The van der Waals surface area contributed by atoms with E-state index in [0.29, 0.717) is 29.7 Å². The van der Waals surface area contributed by atoms with Gasteiger partial charge in [-0.3, -0.25) is 4.99 Å². The topological polar surface area (TPSA) is 83.0 Å². The summed E-state index contributed by atoms with van der Waals surface area (Å²) in [5.41, 5.74) is -5.07. The average molecular weight is 429 g/mol. The first-order chi connectivity index (χ1) is 13.1. The highest BCUT2D eigenvalue weighted by molar-refractivity contribution is 7.90. The monoisotopic (exact) mass is 428 g/mol. The number of hydrogen-bond acceptors (Lipinski definition) is 4. The van der Waals surface area contributed by atoms with Crippen LogP contribution in [-0.4, -0.2) is 70.6 Å². The van der Waals surface area contributed by atoms with Crippen molar-refractivity contribution in [2.24, 2.45) is 10.4 Å². The van der Waals surface area contributed by atoms with E-state index in [-0.39, 0.29) is 24.5 Å². The number of halogens is 3. The highest BCUT2D eigenvalue weighted by atomic mass is 32.2. The Balaban J connectivity index is 1.84. The number of methoxy groups -OCH3 is 1. The van der Waals surface area contributed by atoms with E-state index in [1.54, 1.807) is 14.2 Å². The molecule has 1 saturated heterocycles. The number of alkyl halides is 3. The second kappa shape index (κ2) is 9.62. The molecule has 2 N–H and O–H groups in total. The molecule has 1 aliphatic heterocycles. The molecule has 0 bridgehead atoms. The Labute approximate surface area is 165 Å². The standard InChI is InChI=1S/C17H31F3N4O3S/c1-21-15(22-13-16(9-12-27-2)7-3-4-8-16)23-14-5-10-24(11-6-14)28(25,26)17(18,19)20/h14H,3-13H2,1-2H3,(H2,21,22,23). The molecule has 1 aliphatic carbocycles. The third-order valence-corrected chi connectivity index (χ3v) is 7.41. The quantitative estimate of drug-likeness (QED) is 0.479. The van der Waals surface area contributed by atoms with E-state index < -0.39 is 15.5 Å². The number of ether oxygens (including phenoxy) is 1. The summed E-state index contributed by atoms with van der Waals surface area (Å²) in [6.45, 7) is 1.15. The molecule has 164 valence electrons. The summed E-state index contributed by atoms with van der Waals surface area (Å²) in [4.78, 5) is 4.21. The predicted molar refractivity (Wildman–Crippen MR) is 101 cm³/mol. The van der Waals surface area contributed by atoms with Gasteiger partial charge in [-0.25, -0.2) is 8.42 Å². The minimum absolute atomic E-state index is 0.121. The molecule has 28 heavy (non-hydrogen) atoms. The van der Waals surface area contributed by atoms with Crippen LogP contribution in [0.25, 0.3) is 0 Å². The number of hydrogen-bond donors (Lipinski definition) is 2. The summed E-state index contributed by atoms with van der Waals surface area (Å²) in [6.07, 6.45) is 6.23. The summed E-state index contributed by atoms with van der Waals surface area (Å²) < 4.78 is 66.8. The van der Waals surface area contributed by atoms with Crippen LogP contribution in [0.5, 0.6) is 0 Å². The van der Waals surface area contributed by atoms with Gasteiger partial charge in [0.25, 0.3) is 0 Å². The Hall–Kier alpha value is -1.07. The van der Waals surface area contributed by atoms with Crippen molar-refractivity contribution >= 4 is 16.0 Å². The summed E-state index contributed by atoms with van der Waals surface area (Å²) in [7, 11) is -1.90. The number of rotatable bonds is 7. The molecule has 0 aromatic heterocycles. The molecular weight excluding hydrogens is 397 g/mol. The van der Waals surface area contributed by atoms with Crippen LogP contribution >= 0.6 is 0 Å². The Morgan fingerprint density at radius 2 is 1.86 bits per heavy atom. The molecule has 0 radical (unpaired) electrons. The smallest absolute Gasteiger partial charge is 0.385 e. The van der Waals surface area contributed by atoms with Crippen LogP contribution in [-0.2, 0) is 14.8 Å². The summed E-state index contributed by atoms with van der Waals surface area (Å²) in [6, 6.07) is -0.121. The Morgan fingerprint density at radius 3 is 2.36 bits per heavy atom. The number of piperidine rings is 1. The van der Waals surface area contributed by atoms with Crippen LogP contribution in [0, 0.1) is 5.41 Å². The van der Waals surface area contributed by atoms with Gasteiger partial charge in [-0.05, 0) is 37.5 Å². The molecule has 11 heteroatoms. The summed E-state index contributed by atoms with van der Waals surface area (Å²) >= 11 is 0. The number of aliphatic imine (C=N–C) groups is 1. The predicted octanol–water partition coefficient (Wildman–Crippen LogP) is 2.06. The van der Waals surface area contributed by atoms with Gasteiger partial charge in [-0.15, -0.1) is 0 Å². The lowest BCUT2D eigenvalue weighted by Gasteiger charge is -2.34. The average Bonchev–Trinajstić information content (AvgIpc) is 3.12. The minimum atomic E-state index is -5.25. The van der Waals surface area contributed by atoms with E-state index in [0.717, 1.165) is 25.8 Å². The summed E-state index contributed by atoms with van der Waals surface area (Å²) in [5, 5.41) is 6.56. The molecule has 0 spiro atoms. The minimum Gasteiger partial charge on any atom is -0.385 e. The van der Waals surface area contributed by atoms with Crippen molar-refractivity contribution in [1.29, 1.82) is 0 Å². The number of sulfonamides is 1. The first kappa shape index (κ1) is 23.2. The van der Waals surface area contributed by atoms with Gasteiger partial charge in [0.15, 0.2) is 5.96 Å². The molecule has 0 amide bonds. The Kier molecular flexibility index (Phi) is 7.97. The Morgan fingerprint density at radius 1 is 1.25 bits per heavy atom. The lowest BCUT2D eigenvalue weighted by Crippen LogP contribution is -2.52. The second-order valence-corrected chi connectivity index (χ2v) is 9.57. The van der Waals surface area contributed by atoms with Crippen LogP contribution in [0.2, 0.25) is 0 Å². The molecule has 0 aromatic carbocycles. The number of nitrogens with zero attached hydrogens (tertiary/aromatic N) is 2. The molecular formula is C17H31F3N4O3S. The van der Waals surface area contributed by atoms with Crippen molar-refractivity contribution in [3.8, 4) is 0 Å². The van der Waals surface area contributed by atoms with Crippen LogP contribution in [0.1, 0.15) is 44.9 Å². The molecule has 2 aliphatic rings. The Bertz CT molecular complexity index is 626. The van der Waals surface area contributed by atoms with Crippen LogP contribution in [0.15, 0.2) is 4.99 Å². The van der Waals surface area contributed by atoms with Crippen molar-refractivity contribution in [2.75, 3.05) is 40.4 Å². The van der Waals surface area contributed by atoms with Gasteiger partial charge < -0.3 is 15.4 Å². The van der Waals surface area contributed by atoms with Gasteiger partial charge in [-0.1, -0.05) is 12.8 Å². The summed E-state index contributed by atoms with van der Waals surface area (Å²) in [5.74, 6) is 0.598. The SMILES string of the molecule is CN=C(NCC1(CCOC)CCCC1)NC1CCN(S(=O)(=O)C(F)(F)F)CC1. The largest absolute Gasteiger partial charge is 0.511 e. The van der Waals surface area contributed by atoms with E-state index in [1.807, 2.05) is 0 Å². The van der Waals surface area contributed by atoms with Crippen molar-refractivity contribution < 1.29 is 26.3 Å². The molecule has 0 unspecified atom stereocenters. The first-order valence-electron chi connectivity index (χ1n) is 9.66. The fraction of sp³-hybridized carbons (Fsp3) is 0.941. The van der Waals surface area contributed by atoms with Crippen LogP contribution in [0.4, 0.5) is 13.2 Å². The molecule has 1 heterocycles. The van der Waals surface area contributed by atoms with Crippen molar-refractivity contribution in [1.82, 2.24) is 14.9 Å². The third-order valence-electron chi connectivity index (χ3n) is 5.78. The van der Waals surface area contributed by atoms with Gasteiger partial charge in [-0.2, -0.15) is 17.5 Å². The zero-order valence-corrected chi connectivity index (χ0v) is 17.3. The van der Waals surface area contributed by atoms with Crippen molar-refractivity contribution in [2.45, 2.75) is 56.5 Å². The maximum atomic E-state index is 12.7. The molecule has 2 rings (SSSR count). The fourth-order valence-corrected chi connectivity index (χ4v) is 4.99. The lowest BCUT2D eigenvalue weighted by molar-refractivity contribution is -0.0494. The van der Waals surface area contributed by atoms with E-state index >= 15 is 0 Å². The van der Waals surface area contributed by atoms with E-state index in [4.69, 9.17) is 4.74 Å². The maximum absolute atomic E-state index is 12.7. The third kappa shape index (κ3) is 5.73. The second-order valence-electron chi connectivity index (χ2n) is 7.64. The van der Waals surface area contributed by atoms with Gasteiger partial charge in [0, 0.05) is 46.4 Å². The molecule has 7 nitrogen and oxygen atoms in total. The molecule has 0 atom stereocenters. The highest BCUT2D eigenvalue weighted by Crippen LogP contribution is 2.40. The fourth-order valence-electron chi connectivity index (χ4n) is 4.00. The van der Waals surface area contributed by atoms with Crippen LogP contribution in [0.3, 0.4) is 0 Å². The molecule has 0 aromatic rings. The maximum Gasteiger partial charge on any atom is 0.511 e. The normalized spacial score (nSPS) is 22.4.